The normalized spacial score (nSPS) is 13.6. The van der Waals surface area contributed by atoms with Crippen molar-refractivity contribution in [2.75, 3.05) is 7.05 Å². The Morgan fingerprint density at radius 2 is 1.89 bits per heavy atom. The summed E-state index contributed by atoms with van der Waals surface area (Å²) in [7, 11) is 1.87. The number of hydrogen-bond donors (Lipinski definition) is 1. The van der Waals surface area contributed by atoms with Crippen molar-refractivity contribution in [3.63, 3.8) is 0 Å². The van der Waals surface area contributed by atoms with E-state index in [0.717, 1.165) is 0 Å². The second-order valence-electron chi connectivity index (χ2n) is 4.96. The molecule has 1 heterocycles. The fraction of sp³-hybridized carbons (Fsp3) is 0.429. The van der Waals surface area contributed by atoms with Crippen molar-refractivity contribution in [3.05, 3.63) is 47.6 Å². The molecule has 2 rings (SSSR count). The molecule has 4 nitrogen and oxygen atoms in total. The molecule has 0 saturated carbocycles. The molecule has 0 radical (unpaired) electrons. The van der Waals surface area contributed by atoms with E-state index in [0.29, 0.717) is 11.7 Å². The van der Waals surface area contributed by atoms with Crippen LogP contribution in [0.3, 0.4) is 0 Å². The SMILES string of the molecule is CNC(C)c1nc(C(C)(C)c2ccccc2)no1. The zero-order valence-electron chi connectivity index (χ0n) is 11.3. The van der Waals surface area contributed by atoms with E-state index in [2.05, 4.69) is 41.4 Å². The van der Waals surface area contributed by atoms with Gasteiger partial charge >= 0.3 is 0 Å². The van der Waals surface area contributed by atoms with Gasteiger partial charge in [0.05, 0.1) is 11.5 Å². The molecule has 2 aromatic rings. The van der Waals surface area contributed by atoms with Crippen LogP contribution in [0.25, 0.3) is 0 Å². The van der Waals surface area contributed by atoms with E-state index >= 15 is 0 Å². The smallest absolute Gasteiger partial charge is 0.243 e. The summed E-state index contributed by atoms with van der Waals surface area (Å²) in [6.07, 6.45) is 0. The monoisotopic (exact) mass is 245 g/mol. The molecule has 18 heavy (non-hydrogen) atoms. The van der Waals surface area contributed by atoms with Crippen LogP contribution < -0.4 is 5.32 Å². The predicted molar refractivity (Wildman–Crippen MR) is 70.3 cm³/mol. The van der Waals surface area contributed by atoms with Crippen LogP contribution in [-0.4, -0.2) is 17.2 Å². The lowest BCUT2D eigenvalue weighted by Gasteiger charge is -2.20. The van der Waals surface area contributed by atoms with Crippen LogP contribution in [0.2, 0.25) is 0 Å². The summed E-state index contributed by atoms with van der Waals surface area (Å²) < 4.78 is 5.30. The van der Waals surface area contributed by atoms with Gasteiger partial charge in [0.15, 0.2) is 5.82 Å². The van der Waals surface area contributed by atoms with Gasteiger partial charge in [-0.3, -0.25) is 0 Å². The summed E-state index contributed by atoms with van der Waals surface area (Å²) in [5, 5.41) is 7.20. The fourth-order valence-corrected chi connectivity index (χ4v) is 1.77. The molecule has 0 fully saturated rings. The van der Waals surface area contributed by atoms with E-state index in [1.807, 2.05) is 32.2 Å². The van der Waals surface area contributed by atoms with Gasteiger partial charge < -0.3 is 9.84 Å². The van der Waals surface area contributed by atoms with Crippen molar-refractivity contribution >= 4 is 0 Å². The van der Waals surface area contributed by atoms with Crippen LogP contribution in [-0.2, 0) is 5.41 Å². The van der Waals surface area contributed by atoms with Crippen molar-refractivity contribution < 1.29 is 4.52 Å². The van der Waals surface area contributed by atoms with Crippen molar-refractivity contribution in [1.29, 1.82) is 0 Å². The van der Waals surface area contributed by atoms with Gasteiger partial charge in [0.2, 0.25) is 5.89 Å². The largest absolute Gasteiger partial charge is 0.338 e. The van der Waals surface area contributed by atoms with Gasteiger partial charge in [0.1, 0.15) is 0 Å². The number of rotatable bonds is 4. The van der Waals surface area contributed by atoms with Gasteiger partial charge in [-0.1, -0.05) is 35.5 Å². The Morgan fingerprint density at radius 1 is 1.22 bits per heavy atom. The molecule has 1 unspecified atom stereocenters. The third-order valence-electron chi connectivity index (χ3n) is 3.30. The fourth-order valence-electron chi connectivity index (χ4n) is 1.77. The topological polar surface area (TPSA) is 51.0 Å². The van der Waals surface area contributed by atoms with Crippen LogP contribution >= 0.6 is 0 Å². The average Bonchev–Trinajstić information content (AvgIpc) is 2.89. The first kappa shape index (κ1) is 12.8. The van der Waals surface area contributed by atoms with E-state index in [4.69, 9.17) is 4.52 Å². The van der Waals surface area contributed by atoms with Gasteiger partial charge in [0.25, 0.3) is 0 Å². The molecular weight excluding hydrogens is 226 g/mol. The Bertz CT molecular complexity index is 505. The summed E-state index contributed by atoms with van der Waals surface area (Å²) in [6, 6.07) is 10.3. The molecule has 0 aliphatic rings. The number of nitrogens with one attached hydrogen (secondary N) is 1. The number of nitrogens with zero attached hydrogens (tertiary/aromatic N) is 2. The Hall–Kier alpha value is -1.68. The van der Waals surface area contributed by atoms with Crippen molar-refractivity contribution in [2.24, 2.45) is 0 Å². The first-order chi connectivity index (χ1) is 8.55. The van der Waals surface area contributed by atoms with Gasteiger partial charge in [-0.25, -0.2) is 0 Å². The quantitative estimate of drug-likeness (QED) is 0.899. The minimum atomic E-state index is -0.254. The molecule has 0 spiro atoms. The number of aromatic nitrogens is 2. The van der Waals surface area contributed by atoms with Crippen LogP contribution in [0, 0.1) is 0 Å². The summed E-state index contributed by atoms with van der Waals surface area (Å²) in [4.78, 5) is 4.49. The molecule has 0 aliphatic heterocycles. The highest BCUT2D eigenvalue weighted by Crippen LogP contribution is 2.29. The highest BCUT2D eigenvalue weighted by molar-refractivity contribution is 5.30. The standard InChI is InChI=1S/C14H19N3O/c1-10(15-4)12-16-13(17-18-12)14(2,3)11-8-6-5-7-9-11/h5-10,15H,1-4H3. The van der Waals surface area contributed by atoms with Crippen LogP contribution in [0.4, 0.5) is 0 Å². The highest BCUT2D eigenvalue weighted by atomic mass is 16.5. The minimum Gasteiger partial charge on any atom is -0.338 e. The lowest BCUT2D eigenvalue weighted by atomic mass is 9.84. The van der Waals surface area contributed by atoms with Crippen molar-refractivity contribution in [3.8, 4) is 0 Å². The molecule has 1 aromatic heterocycles. The molecule has 0 aliphatic carbocycles. The summed E-state index contributed by atoms with van der Waals surface area (Å²) in [6.45, 7) is 6.19. The molecular formula is C14H19N3O. The molecule has 0 saturated heterocycles. The van der Waals surface area contributed by atoms with Gasteiger partial charge in [0, 0.05) is 0 Å². The van der Waals surface area contributed by atoms with Gasteiger partial charge in [-0.05, 0) is 33.4 Å². The van der Waals surface area contributed by atoms with Crippen LogP contribution in [0.5, 0.6) is 0 Å². The zero-order valence-corrected chi connectivity index (χ0v) is 11.3. The highest BCUT2D eigenvalue weighted by Gasteiger charge is 2.29. The first-order valence-corrected chi connectivity index (χ1v) is 6.12. The van der Waals surface area contributed by atoms with Crippen molar-refractivity contribution in [1.82, 2.24) is 15.5 Å². The summed E-state index contributed by atoms with van der Waals surface area (Å²) in [5.41, 5.74) is 0.922. The maximum absolute atomic E-state index is 5.30. The Labute approximate surface area is 107 Å². The van der Waals surface area contributed by atoms with Gasteiger partial charge in [-0.2, -0.15) is 4.98 Å². The summed E-state index contributed by atoms with van der Waals surface area (Å²) in [5.74, 6) is 1.34. The lowest BCUT2D eigenvalue weighted by Crippen LogP contribution is -2.21. The van der Waals surface area contributed by atoms with Crippen LogP contribution in [0.15, 0.2) is 34.9 Å². The minimum absolute atomic E-state index is 0.0674. The molecule has 1 aromatic carbocycles. The van der Waals surface area contributed by atoms with E-state index in [1.165, 1.54) is 5.56 Å². The Balaban J connectivity index is 2.33. The Kier molecular flexibility index (Phi) is 3.48. The van der Waals surface area contributed by atoms with E-state index in [9.17, 15) is 0 Å². The lowest BCUT2D eigenvalue weighted by molar-refractivity contribution is 0.339. The van der Waals surface area contributed by atoms with E-state index in [1.54, 1.807) is 0 Å². The molecule has 96 valence electrons. The zero-order chi connectivity index (χ0) is 13.2. The third-order valence-corrected chi connectivity index (χ3v) is 3.30. The number of benzene rings is 1. The molecule has 1 N–H and O–H groups in total. The van der Waals surface area contributed by atoms with E-state index in [-0.39, 0.29) is 11.5 Å². The third kappa shape index (κ3) is 2.29. The molecule has 0 bridgehead atoms. The van der Waals surface area contributed by atoms with E-state index < -0.39 is 0 Å². The second-order valence-corrected chi connectivity index (χ2v) is 4.96. The second kappa shape index (κ2) is 4.90. The van der Waals surface area contributed by atoms with Gasteiger partial charge in [-0.15, -0.1) is 0 Å². The number of hydrogen-bond acceptors (Lipinski definition) is 4. The predicted octanol–water partition coefficient (Wildman–Crippen LogP) is 2.68. The maximum atomic E-state index is 5.30. The van der Waals surface area contributed by atoms with Crippen LogP contribution in [0.1, 0.15) is 44.1 Å². The summed E-state index contributed by atoms with van der Waals surface area (Å²) >= 11 is 0. The molecule has 4 heteroatoms. The first-order valence-electron chi connectivity index (χ1n) is 6.12. The molecule has 1 atom stereocenters. The Morgan fingerprint density at radius 3 is 2.50 bits per heavy atom. The molecule has 0 amide bonds. The average molecular weight is 245 g/mol. The van der Waals surface area contributed by atoms with Crippen molar-refractivity contribution in [2.45, 2.75) is 32.2 Å². The maximum Gasteiger partial charge on any atom is 0.243 e.